The van der Waals surface area contributed by atoms with Gasteiger partial charge < -0.3 is 19.9 Å². The second-order valence-corrected chi connectivity index (χ2v) is 4.23. The molecule has 86 valence electrons. The maximum Gasteiger partial charge on any atom is 0.251 e. The molecule has 1 aliphatic heterocycles. The summed E-state index contributed by atoms with van der Waals surface area (Å²) in [6.45, 7) is 1.64. The van der Waals surface area contributed by atoms with E-state index in [-0.39, 0.29) is 5.91 Å². The number of hydrogen-bond acceptors (Lipinski definition) is 4. The summed E-state index contributed by atoms with van der Waals surface area (Å²) in [6, 6.07) is 0. The average Bonchev–Trinajstić information content (AvgIpc) is 2.24. The summed E-state index contributed by atoms with van der Waals surface area (Å²) in [4.78, 5) is 11.6. The van der Waals surface area contributed by atoms with E-state index < -0.39 is 11.7 Å². The minimum atomic E-state index is -0.675. The minimum absolute atomic E-state index is 0.185. The highest BCUT2D eigenvalue weighted by molar-refractivity contribution is 5.81. The molecule has 0 radical (unpaired) electrons. The highest BCUT2D eigenvalue weighted by Crippen LogP contribution is 2.30. The van der Waals surface area contributed by atoms with Crippen LogP contribution in [0, 0.1) is 0 Å². The Morgan fingerprint density at radius 3 is 2.80 bits per heavy atom. The number of nitrogens with one attached hydrogen (secondary N) is 1. The van der Waals surface area contributed by atoms with Crippen molar-refractivity contribution >= 4 is 5.91 Å². The molecule has 0 spiro atoms. The van der Waals surface area contributed by atoms with Crippen LogP contribution in [0.15, 0.2) is 0 Å². The van der Waals surface area contributed by atoms with Crippen molar-refractivity contribution in [2.45, 2.75) is 31.0 Å². The fourth-order valence-corrected chi connectivity index (χ4v) is 1.77. The number of ether oxygens (including phenoxy) is 2. The zero-order chi connectivity index (χ0) is 10.7. The molecule has 2 rings (SSSR count). The maximum atomic E-state index is 11.6. The summed E-state index contributed by atoms with van der Waals surface area (Å²) in [5.41, 5.74) is -0.675. The van der Waals surface area contributed by atoms with Gasteiger partial charge in [0, 0.05) is 6.54 Å². The van der Waals surface area contributed by atoms with Crippen LogP contribution in [0.5, 0.6) is 0 Å². The van der Waals surface area contributed by atoms with Crippen LogP contribution in [-0.4, -0.2) is 49.1 Å². The molecule has 15 heavy (non-hydrogen) atoms. The first-order valence-electron chi connectivity index (χ1n) is 5.39. The predicted molar refractivity (Wildman–Crippen MR) is 52.4 cm³/mol. The minimum Gasteiger partial charge on any atom is -0.388 e. The van der Waals surface area contributed by atoms with E-state index >= 15 is 0 Å². The smallest absolute Gasteiger partial charge is 0.251 e. The van der Waals surface area contributed by atoms with Gasteiger partial charge >= 0.3 is 0 Å². The van der Waals surface area contributed by atoms with E-state index in [1.807, 2.05) is 0 Å². The topological polar surface area (TPSA) is 67.8 Å². The molecule has 1 saturated heterocycles. The summed E-state index contributed by atoms with van der Waals surface area (Å²) in [6.07, 6.45) is 2.07. The van der Waals surface area contributed by atoms with Gasteiger partial charge in [-0.2, -0.15) is 0 Å². The first-order chi connectivity index (χ1) is 7.20. The molecule has 5 heteroatoms. The standard InChI is InChI=1S/C10H17NO4/c12-9(8-6-14-4-5-15-8)11-7-10(13)2-1-3-10/h8,13H,1-7H2,(H,11,12). The van der Waals surface area contributed by atoms with Crippen molar-refractivity contribution in [1.29, 1.82) is 0 Å². The number of carbonyl (C=O) groups is 1. The van der Waals surface area contributed by atoms with Gasteiger partial charge in [0.1, 0.15) is 0 Å². The van der Waals surface area contributed by atoms with Crippen LogP contribution in [0.3, 0.4) is 0 Å². The lowest BCUT2D eigenvalue weighted by atomic mass is 9.80. The molecule has 5 nitrogen and oxygen atoms in total. The Kier molecular flexibility index (Phi) is 3.23. The van der Waals surface area contributed by atoms with Crippen LogP contribution in [0.25, 0.3) is 0 Å². The van der Waals surface area contributed by atoms with Gasteiger partial charge in [-0.3, -0.25) is 4.79 Å². The molecule has 2 N–H and O–H groups in total. The predicted octanol–water partition coefficient (Wildman–Crippen LogP) is -0.567. The summed E-state index contributed by atoms with van der Waals surface area (Å²) >= 11 is 0. The lowest BCUT2D eigenvalue weighted by molar-refractivity contribution is -0.149. The first kappa shape index (κ1) is 10.9. The Morgan fingerprint density at radius 2 is 2.27 bits per heavy atom. The summed E-state index contributed by atoms with van der Waals surface area (Å²) in [5, 5.41) is 12.5. The van der Waals surface area contributed by atoms with Crippen molar-refractivity contribution in [1.82, 2.24) is 5.32 Å². The lowest BCUT2D eigenvalue weighted by Crippen LogP contribution is -2.51. The van der Waals surface area contributed by atoms with Crippen LogP contribution < -0.4 is 5.32 Å². The molecular weight excluding hydrogens is 198 g/mol. The third-order valence-electron chi connectivity index (χ3n) is 2.98. The van der Waals surface area contributed by atoms with E-state index in [0.717, 1.165) is 19.3 Å². The highest BCUT2D eigenvalue weighted by atomic mass is 16.6. The Hall–Kier alpha value is -0.650. The number of hydrogen-bond donors (Lipinski definition) is 2. The third kappa shape index (κ3) is 2.68. The quantitative estimate of drug-likeness (QED) is 0.662. The molecule has 1 saturated carbocycles. The Morgan fingerprint density at radius 1 is 1.47 bits per heavy atom. The third-order valence-corrected chi connectivity index (χ3v) is 2.98. The second kappa shape index (κ2) is 4.47. The molecule has 2 aliphatic rings. The Labute approximate surface area is 88.7 Å². The summed E-state index contributed by atoms with van der Waals surface area (Å²) in [5.74, 6) is -0.185. The second-order valence-electron chi connectivity index (χ2n) is 4.23. The van der Waals surface area contributed by atoms with Crippen molar-refractivity contribution in [2.75, 3.05) is 26.4 Å². The van der Waals surface area contributed by atoms with E-state index in [2.05, 4.69) is 5.32 Å². The van der Waals surface area contributed by atoms with Crippen LogP contribution >= 0.6 is 0 Å². The average molecular weight is 215 g/mol. The molecule has 2 fully saturated rings. The molecular formula is C10H17NO4. The van der Waals surface area contributed by atoms with Crippen molar-refractivity contribution in [3.8, 4) is 0 Å². The van der Waals surface area contributed by atoms with Gasteiger partial charge in [-0.05, 0) is 19.3 Å². The zero-order valence-electron chi connectivity index (χ0n) is 8.70. The number of aliphatic hydroxyl groups is 1. The van der Waals surface area contributed by atoms with Crippen molar-refractivity contribution < 1.29 is 19.4 Å². The van der Waals surface area contributed by atoms with Crippen LogP contribution in [0.2, 0.25) is 0 Å². The van der Waals surface area contributed by atoms with Crippen molar-refractivity contribution in [2.24, 2.45) is 0 Å². The Bertz CT molecular complexity index is 234. The molecule has 1 aliphatic carbocycles. The zero-order valence-corrected chi connectivity index (χ0v) is 8.70. The van der Waals surface area contributed by atoms with Gasteiger partial charge in [0.25, 0.3) is 5.91 Å². The first-order valence-corrected chi connectivity index (χ1v) is 5.39. The van der Waals surface area contributed by atoms with Crippen LogP contribution in [-0.2, 0) is 14.3 Å². The van der Waals surface area contributed by atoms with Gasteiger partial charge in [0.05, 0.1) is 25.4 Å². The maximum absolute atomic E-state index is 11.6. The molecule has 0 aromatic rings. The van der Waals surface area contributed by atoms with Crippen LogP contribution in [0.4, 0.5) is 0 Å². The van der Waals surface area contributed by atoms with E-state index in [1.54, 1.807) is 0 Å². The molecule has 1 heterocycles. The van der Waals surface area contributed by atoms with E-state index in [1.165, 1.54) is 0 Å². The van der Waals surface area contributed by atoms with E-state index in [9.17, 15) is 9.90 Å². The normalized spacial score (nSPS) is 29.3. The van der Waals surface area contributed by atoms with Crippen molar-refractivity contribution in [3.63, 3.8) is 0 Å². The Balaban J connectivity index is 1.71. The fraction of sp³-hybridized carbons (Fsp3) is 0.900. The molecule has 1 unspecified atom stereocenters. The number of carbonyl (C=O) groups excluding carboxylic acids is 1. The summed E-state index contributed by atoms with van der Waals surface area (Å²) < 4.78 is 10.4. The van der Waals surface area contributed by atoms with E-state index in [0.29, 0.717) is 26.4 Å². The molecule has 0 bridgehead atoms. The van der Waals surface area contributed by atoms with Crippen molar-refractivity contribution in [3.05, 3.63) is 0 Å². The lowest BCUT2D eigenvalue weighted by Gasteiger charge is -2.37. The van der Waals surface area contributed by atoms with Gasteiger partial charge in [-0.1, -0.05) is 0 Å². The molecule has 1 amide bonds. The van der Waals surface area contributed by atoms with Gasteiger partial charge in [-0.25, -0.2) is 0 Å². The molecule has 0 aromatic heterocycles. The van der Waals surface area contributed by atoms with Gasteiger partial charge in [0.15, 0.2) is 6.10 Å². The largest absolute Gasteiger partial charge is 0.388 e. The highest BCUT2D eigenvalue weighted by Gasteiger charge is 2.35. The SMILES string of the molecule is O=C(NCC1(O)CCC1)C1COCCO1. The number of amides is 1. The van der Waals surface area contributed by atoms with Crippen LogP contribution in [0.1, 0.15) is 19.3 Å². The van der Waals surface area contributed by atoms with Gasteiger partial charge in [0.2, 0.25) is 0 Å². The van der Waals surface area contributed by atoms with Gasteiger partial charge in [-0.15, -0.1) is 0 Å². The number of rotatable bonds is 3. The summed E-state index contributed by atoms with van der Waals surface area (Å²) in [7, 11) is 0. The van der Waals surface area contributed by atoms with E-state index in [4.69, 9.17) is 9.47 Å². The fourth-order valence-electron chi connectivity index (χ4n) is 1.77. The molecule has 1 atom stereocenters. The molecule has 0 aromatic carbocycles. The monoisotopic (exact) mass is 215 g/mol.